The molecule has 4 nitrogen and oxygen atoms in total. The van der Waals surface area contributed by atoms with Gasteiger partial charge in [0, 0.05) is 12.6 Å². The van der Waals surface area contributed by atoms with Gasteiger partial charge >= 0.3 is 6.03 Å². The Labute approximate surface area is 79.5 Å². The van der Waals surface area contributed by atoms with Crippen LogP contribution in [0.3, 0.4) is 0 Å². The van der Waals surface area contributed by atoms with Crippen LogP contribution in [-0.4, -0.2) is 36.6 Å². The molecule has 0 aliphatic carbocycles. The molecule has 1 fully saturated rings. The Morgan fingerprint density at radius 1 is 1.54 bits per heavy atom. The molecular weight excluding hydrogens is 166 g/mol. The van der Waals surface area contributed by atoms with Crippen LogP contribution in [0.2, 0.25) is 0 Å². The van der Waals surface area contributed by atoms with E-state index < -0.39 is 0 Å². The van der Waals surface area contributed by atoms with Gasteiger partial charge in [-0.2, -0.15) is 0 Å². The number of hydrogen-bond acceptors (Lipinski definition) is 2. The average molecular weight is 185 g/mol. The molecule has 1 aliphatic rings. The fourth-order valence-corrected chi connectivity index (χ4v) is 1.83. The molecule has 76 valence electrons. The number of rotatable bonds is 3. The number of nitrogens with two attached hydrogens (primary N) is 1. The second kappa shape index (κ2) is 5.07. The number of nitrogens with one attached hydrogen (secondary N) is 1. The lowest BCUT2D eigenvalue weighted by Crippen LogP contribution is -2.48. The molecule has 0 aromatic carbocycles. The van der Waals surface area contributed by atoms with Gasteiger partial charge in [0.15, 0.2) is 0 Å². The van der Waals surface area contributed by atoms with Gasteiger partial charge in [-0.1, -0.05) is 6.92 Å². The molecule has 0 aromatic heterocycles. The molecule has 1 aliphatic heterocycles. The Balaban J connectivity index is 2.46. The summed E-state index contributed by atoms with van der Waals surface area (Å²) in [5, 5.41) is 3.27. The van der Waals surface area contributed by atoms with Crippen molar-refractivity contribution in [2.24, 2.45) is 5.73 Å². The third-order valence-electron chi connectivity index (χ3n) is 2.50. The van der Waals surface area contributed by atoms with Crippen LogP contribution < -0.4 is 11.1 Å². The quantitative estimate of drug-likeness (QED) is 0.674. The first-order chi connectivity index (χ1) is 6.25. The average Bonchev–Trinajstić information content (AvgIpc) is 2.15. The van der Waals surface area contributed by atoms with Crippen molar-refractivity contribution in [3.05, 3.63) is 0 Å². The van der Waals surface area contributed by atoms with Crippen molar-refractivity contribution in [3.63, 3.8) is 0 Å². The number of hydrogen-bond donors (Lipinski definition) is 2. The number of nitrogens with zero attached hydrogens (tertiary/aromatic N) is 1. The monoisotopic (exact) mass is 185 g/mol. The molecule has 4 heteroatoms. The Hall–Kier alpha value is -0.770. The van der Waals surface area contributed by atoms with Crippen LogP contribution in [0.1, 0.15) is 26.2 Å². The fourth-order valence-electron chi connectivity index (χ4n) is 1.83. The summed E-state index contributed by atoms with van der Waals surface area (Å²) < 4.78 is 0. The number of carbonyl (C=O) groups excluding carboxylic acids is 1. The summed E-state index contributed by atoms with van der Waals surface area (Å²) in [6, 6.07) is 0.0902. The number of carbonyl (C=O) groups is 1. The van der Waals surface area contributed by atoms with E-state index in [0.29, 0.717) is 6.04 Å². The van der Waals surface area contributed by atoms with Gasteiger partial charge in [0.1, 0.15) is 0 Å². The number of amides is 2. The van der Waals surface area contributed by atoms with Gasteiger partial charge in [-0.05, 0) is 32.4 Å². The molecule has 0 aromatic rings. The van der Waals surface area contributed by atoms with Crippen LogP contribution in [0.15, 0.2) is 0 Å². The highest BCUT2D eigenvalue weighted by Crippen LogP contribution is 2.11. The van der Waals surface area contributed by atoms with Gasteiger partial charge in [-0.25, -0.2) is 4.79 Å². The topological polar surface area (TPSA) is 58.4 Å². The highest BCUT2D eigenvalue weighted by molar-refractivity contribution is 5.72. The maximum Gasteiger partial charge on any atom is 0.315 e. The SMILES string of the molecule is CCCN(C(N)=O)C1CCNCC1. The minimum atomic E-state index is -0.270. The van der Waals surface area contributed by atoms with Crippen molar-refractivity contribution < 1.29 is 4.79 Å². The molecule has 0 saturated carbocycles. The van der Waals surface area contributed by atoms with Crippen molar-refractivity contribution in [2.45, 2.75) is 32.2 Å². The van der Waals surface area contributed by atoms with Crippen LogP contribution in [0.4, 0.5) is 4.79 Å². The van der Waals surface area contributed by atoms with E-state index in [-0.39, 0.29) is 6.03 Å². The number of urea groups is 1. The zero-order valence-electron chi connectivity index (χ0n) is 8.25. The summed E-state index contributed by atoms with van der Waals surface area (Å²) in [4.78, 5) is 12.9. The molecule has 0 spiro atoms. The minimum Gasteiger partial charge on any atom is -0.351 e. The minimum absolute atomic E-state index is 0.270. The summed E-state index contributed by atoms with van der Waals surface area (Å²) in [5.41, 5.74) is 5.32. The molecule has 3 N–H and O–H groups in total. The summed E-state index contributed by atoms with van der Waals surface area (Å²) in [5.74, 6) is 0. The molecule has 0 unspecified atom stereocenters. The van der Waals surface area contributed by atoms with E-state index in [1.165, 1.54) is 0 Å². The molecule has 13 heavy (non-hydrogen) atoms. The van der Waals surface area contributed by atoms with Gasteiger partial charge in [-0.15, -0.1) is 0 Å². The van der Waals surface area contributed by atoms with Gasteiger partial charge < -0.3 is 16.0 Å². The van der Waals surface area contributed by atoms with E-state index in [1.54, 1.807) is 4.90 Å². The van der Waals surface area contributed by atoms with E-state index in [0.717, 1.165) is 38.9 Å². The first kappa shape index (κ1) is 10.3. The third-order valence-corrected chi connectivity index (χ3v) is 2.50. The lowest BCUT2D eigenvalue weighted by molar-refractivity contribution is 0.167. The normalized spacial score (nSPS) is 18.5. The Morgan fingerprint density at radius 3 is 2.62 bits per heavy atom. The van der Waals surface area contributed by atoms with Crippen LogP contribution in [0.5, 0.6) is 0 Å². The van der Waals surface area contributed by atoms with Crippen LogP contribution in [-0.2, 0) is 0 Å². The summed E-state index contributed by atoms with van der Waals surface area (Å²) in [6.07, 6.45) is 3.04. The van der Waals surface area contributed by atoms with Crippen molar-refractivity contribution in [3.8, 4) is 0 Å². The van der Waals surface area contributed by atoms with Gasteiger partial charge in [0.2, 0.25) is 0 Å². The Morgan fingerprint density at radius 2 is 2.15 bits per heavy atom. The Bertz CT molecular complexity index is 166. The Kier molecular flexibility index (Phi) is 4.02. The van der Waals surface area contributed by atoms with Gasteiger partial charge in [0.05, 0.1) is 0 Å². The predicted octanol–water partition coefficient (Wildman–Crippen LogP) is 0.529. The van der Waals surface area contributed by atoms with Gasteiger partial charge in [-0.3, -0.25) is 0 Å². The van der Waals surface area contributed by atoms with E-state index in [9.17, 15) is 4.79 Å². The van der Waals surface area contributed by atoms with Crippen molar-refractivity contribution in [1.29, 1.82) is 0 Å². The van der Waals surface area contributed by atoms with E-state index >= 15 is 0 Å². The lowest BCUT2D eigenvalue weighted by Gasteiger charge is -2.33. The molecule has 0 atom stereocenters. The van der Waals surface area contributed by atoms with Crippen LogP contribution >= 0.6 is 0 Å². The summed E-state index contributed by atoms with van der Waals surface area (Å²) >= 11 is 0. The number of primary amides is 1. The van der Waals surface area contributed by atoms with Crippen molar-refractivity contribution in [1.82, 2.24) is 10.2 Å². The highest BCUT2D eigenvalue weighted by Gasteiger charge is 2.22. The second-order valence-corrected chi connectivity index (χ2v) is 3.51. The highest BCUT2D eigenvalue weighted by atomic mass is 16.2. The van der Waals surface area contributed by atoms with Crippen LogP contribution in [0.25, 0.3) is 0 Å². The molecule has 2 amide bonds. The van der Waals surface area contributed by atoms with Crippen molar-refractivity contribution in [2.75, 3.05) is 19.6 Å². The lowest BCUT2D eigenvalue weighted by atomic mass is 10.1. The second-order valence-electron chi connectivity index (χ2n) is 3.51. The standard InChI is InChI=1S/C9H19N3O/c1-2-7-12(9(10)13)8-3-5-11-6-4-8/h8,11H,2-7H2,1H3,(H2,10,13). The number of piperidine rings is 1. The van der Waals surface area contributed by atoms with E-state index in [2.05, 4.69) is 12.2 Å². The zero-order chi connectivity index (χ0) is 9.68. The zero-order valence-corrected chi connectivity index (χ0v) is 8.25. The smallest absolute Gasteiger partial charge is 0.315 e. The molecule has 1 rings (SSSR count). The van der Waals surface area contributed by atoms with Crippen LogP contribution in [0, 0.1) is 0 Å². The summed E-state index contributed by atoms with van der Waals surface area (Å²) in [6.45, 7) is 4.85. The van der Waals surface area contributed by atoms with E-state index in [4.69, 9.17) is 5.73 Å². The molecule has 0 bridgehead atoms. The first-order valence-corrected chi connectivity index (χ1v) is 5.02. The fraction of sp³-hybridized carbons (Fsp3) is 0.889. The molecule has 0 radical (unpaired) electrons. The maximum atomic E-state index is 11.1. The molecular formula is C9H19N3O. The van der Waals surface area contributed by atoms with Gasteiger partial charge in [0.25, 0.3) is 0 Å². The van der Waals surface area contributed by atoms with Crippen molar-refractivity contribution >= 4 is 6.03 Å². The predicted molar refractivity (Wildman–Crippen MR) is 52.5 cm³/mol. The third kappa shape index (κ3) is 2.88. The molecule has 1 heterocycles. The first-order valence-electron chi connectivity index (χ1n) is 5.02. The maximum absolute atomic E-state index is 11.1. The molecule has 1 saturated heterocycles. The van der Waals surface area contributed by atoms with E-state index in [1.807, 2.05) is 0 Å². The largest absolute Gasteiger partial charge is 0.351 e. The summed E-state index contributed by atoms with van der Waals surface area (Å²) in [7, 11) is 0.